The Balaban J connectivity index is 1.39. The summed E-state index contributed by atoms with van der Waals surface area (Å²) >= 11 is 1.49. The molecule has 0 saturated carbocycles. The summed E-state index contributed by atoms with van der Waals surface area (Å²) in [4.78, 5) is 22.2. The summed E-state index contributed by atoms with van der Waals surface area (Å²) in [5, 5.41) is 4.42. The molecule has 3 heterocycles. The van der Waals surface area contributed by atoms with Crippen molar-refractivity contribution in [2.24, 2.45) is 0 Å². The van der Waals surface area contributed by atoms with Gasteiger partial charge in [-0.25, -0.2) is 0 Å². The fourth-order valence-corrected chi connectivity index (χ4v) is 4.81. The van der Waals surface area contributed by atoms with Crippen LogP contribution in [-0.2, 0) is 6.18 Å². The van der Waals surface area contributed by atoms with Crippen LogP contribution in [0.2, 0.25) is 0 Å². The van der Waals surface area contributed by atoms with Crippen LogP contribution in [0, 0.1) is 6.92 Å². The highest BCUT2D eigenvalue weighted by atomic mass is 32.1. The van der Waals surface area contributed by atoms with E-state index in [9.17, 15) is 18.0 Å². The second-order valence-electron chi connectivity index (χ2n) is 9.03. The molecule has 8 nitrogen and oxygen atoms in total. The number of carbonyl (C=O) groups is 1. The summed E-state index contributed by atoms with van der Waals surface area (Å²) in [5.74, 6) is -0.497. The summed E-state index contributed by atoms with van der Waals surface area (Å²) in [5.41, 5.74) is 10.4. The van der Waals surface area contributed by atoms with Gasteiger partial charge in [-0.2, -0.15) is 13.2 Å². The van der Waals surface area contributed by atoms with Gasteiger partial charge in [-0.05, 0) is 49.9 Å². The zero-order valence-electron chi connectivity index (χ0n) is 20.3. The highest BCUT2D eigenvalue weighted by molar-refractivity contribution is 7.10. The monoisotopic (exact) mass is 529 g/mol. The molecule has 2 aliphatic heterocycles. The Labute approximate surface area is 216 Å². The predicted molar refractivity (Wildman–Crippen MR) is 139 cm³/mol. The molecular formula is C25H26F3N7OS. The summed E-state index contributed by atoms with van der Waals surface area (Å²) in [6.07, 6.45) is -0.931. The molecule has 0 atom stereocenters. The number of amides is 1. The van der Waals surface area contributed by atoms with Gasteiger partial charge in [0.05, 0.1) is 27.3 Å². The van der Waals surface area contributed by atoms with Crippen LogP contribution in [0.4, 0.5) is 30.2 Å². The molecule has 1 aromatic heterocycles. The van der Waals surface area contributed by atoms with E-state index in [-0.39, 0.29) is 5.69 Å². The number of hydrogen-bond acceptors (Lipinski definition) is 8. The van der Waals surface area contributed by atoms with Gasteiger partial charge in [0.1, 0.15) is 0 Å². The molecule has 5 rings (SSSR count). The topological polar surface area (TPSA) is 75.8 Å². The van der Waals surface area contributed by atoms with Crippen LogP contribution in [0.15, 0.2) is 54.3 Å². The van der Waals surface area contributed by atoms with Crippen molar-refractivity contribution in [3.8, 4) is 0 Å². The number of nitrogens with zero attached hydrogens (tertiary/aromatic N) is 4. The van der Waals surface area contributed by atoms with Crippen molar-refractivity contribution in [1.82, 2.24) is 20.8 Å². The van der Waals surface area contributed by atoms with Gasteiger partial charge in [0.15, 0.2) is 0 Å². The normalized spacial score (nSPS) is 16.5. The first-order chi connectivity index (χ1) is 17.7. The first-order valence-corrected chi connectivity index (χ1v) is 12.5. The Kier molecular flexibility index (Phi) is 6.80. The number of rotatable bonds is 5. The average Bonchev–Trinajstić information content (AvgIpc) is 3.56. The maximum Gasteiger partial charge on any atom is 0.416 e. The Hall–Kier alpha value is -3.61. The van der Waals surface area contributed by atoms with Gasteiger partial charge in [-0.1, -0.05) is 6.07 Å². The second kappa shape index (κ2) is 10.0. The van der Waals surface area contributed by atoms with E-state index >= 15 is 0 Å². The Morgan fingerprint density at radius 3 is 2.59 bits per heavy atom. The van der Waals surface area contributed by atoms with Crippen LogP contribution < -0.4 is 26.2 Å². The number of piperazine rings is 1. The van der Waals surface area contributed by atoms with Crippen LogP contribution >= 0.6 is 11.3 Å². The number of benzene rings is 2. The summed E-state index contributed by atoms with van der Waals surface area (Å²) in [6, 6.07) is 8.86. The molecule has 0 unspecified atom stereocenters. The lowest BCUT2D eigenvalue weighted by molar-refractivity contribution is -0.137. The van der Waals surface area contributed by atoms with Crippen molar-refractivity contribution in [1.29, 1.82) is 0 Å². The molecule has 37 heavy (non-hydrogen) atoms. The smallest absolute Gasteiger partial charge is 0.369 e. The first-order valence-electron chi connectivity index (χ1n) is 11.7. The maximum atomic E-state index is 13.7. The number of aromatic nitrogens is 1. The molecule has 0 bridgehead atoms. The lowest BCUT2D eigenvalue weighted by atomic mass is 10.1. The number of alkyl halides is 3. The van der Waals surface area contributed by atoms with E-state index in [1.54, 1.807) is 41.0 Å². The van der Waals surface area contributed by atoms with E-state index in [1.807, 2.05) is 25.1 Å². The minimum atomic E-state index is -4.53. The number of aryl methyl sites for hydroxylation is 1. The van der Waals surface area contributed by atoms with E-state index in [0.717, 1.165) is 47.0 Å². The Morgan fingerprint density at radius 1 is 1.11 bits per heavy atom. The molecule has 1 amide bonds. The molecule has 0 spiro atoms. The summed E-state index contributed by atoms with van der Waals surface area (Å²) < 4.78 is 41.0. The van der Waals surface area contributed by atoms with E-state index < -0.39 is 17.6 Å². The third-order valence-electron chi connectivity index (χ3n) is 6.37. The van der Waals surface area contributed by atoms with E-state index in [1.165, 1.54) is 11.3 Å². The Bertz CT molecular complexity index is 1320. The number of nitrogens with one attached hydrogen (secondary N) is 3. The van der Waals surface area contributed by atoms with E-state index in [4.69, 9.17) is 0 Å². The molecule has 1 fully saturated rings. The van der Waals surface area contributed by atoms with Crippen LogP contribution in [0.3, 0.4) is 0 Å². The van der Waals surface area contributed by atoms with Gasteiger partial charge in [0.25, 0.3) is 5.91 Å². The number of hydrazine groups is 2. The minimum Gasteiger partial charge on any atom is -0.369 e. The summed E-state index contributed by atoms with van der Waals surface area (Å²) in [7, 11) is 1.98. The zero-order valence-corrected chi connectivity index (χ0v) is 21.1. The van der Waals surface area contributed by atoms with Gasteiger partial charge in [-0.15, -0.1) is 16.9 Å². The third-order valence-corrected chi connectivity index (χ3v) is 7.18. The van der Waals surface area contributed by atoms with Gasteiger partial charge in [-0.3, -0.25) is 14.8 Å². The van der Waals surface area contributed by atoms with E-state index in [2.05, 4.69) is 26.2 Å². The fourth-order valence-electron chi connectivity index (χ4n) is 4.23. The maximum absolute atomic E-state index is 13.7. The number of anilines is 3. The second-order valence-corrected chi connectivity index (χ2v) is 9.91. The summed E-state index contributed by atoms with van der Waals surface area (Å²) in [6.45, 7) is 4.64. The van der Waals surface area contributed by atoms with Crippen molar-refractivity contribution in [2.45, 2.75) is 13.1 Å². The number of halogens is 3. The molecule has 3 N–H and O–H groups in total. The van der Waals surface area contributed by atoms with Crippen LogP contribution in [0.5, 0.6) is 0 Å². The van der Waals surface area contributed by atoms with Gasteiger partial charge < -0.3 is 20.5 Å². The van der Waals surface area contributed by atoms with Crippen molar-refractivity contribution in [3.05, 3.63) is 75.9 Å². The number of likely N-dealkylation sites (N-methyl/N-ethyl adjacent to an activating group) is 1. The highest BCUT2D eigenvalue weighted by Gasteiger charge is 2.32. The standard InChI is InChI=1S/C25H26F3N7OS/c1-16-3-4-17(9-22(16)35-14-21(31-32-35)23-13-29-15-37-23)24(36)30-19-10-18(25(26,27)28)11-20(12-19)34-7-5-33(2)6-8-34/h3-4,9-15,31-32H,5-8H2,1-2H3,(H,30,36). The van der Waals surface area contributed by atoms with Gasteiger partial charge in [0.2, 0.25) is 0 Å². The molecule has 2 aliphatic rings. The fraction of sp³-hybridized carbons (Fsp3) is 0.280. The lowest BCUT2D eigenvalue weighted by Crippen LogP contribution is -2.44. The van der Waals surface area contributed by atoms with Crippen LogP contribution in [0.25, 0.3) is 5.70 Å². The third kappa shape index (κ3) is 5.55. The van der Waals surface area contributed by atoms with Crippen LogP contribution in [-0.4, -0.2) is 49.0 Å². The molecule has 2 aromatic carbocycles. The zero-order chi connectivity index (χ0) is 26.2. The van der Waals surface area contributed by atoms with Gasteiger partial charge >= 0.3 is 6.18 Å². The first kappa shape index (κ1) is 25.1. The lowest BCUT2D eigenvalue weighted by Gasteiger charge is -2.34. The van der Waals surface area contributed by atoms with Crippen molar-refractivity contribution in [3.63, 3.8) is 0 Å². The van der Waals surface area contributed by atoms with Crippen molar-refractivity contribution < 1.29 is 18.0 Å². The number of hydrogen-bond donors (Lipinski definition) is 3. The van der Waals surface area contributed by atoms with Crippen molar-refractivity contribution >= 4 is 40.0 Å². The molecule has 12 heteroatoms. The average molecular weight is 530 g/mol. The predicted octanol–water partition coefficient (Wildman–Crippen LogP) is 4.30. The van der Waals surface area contributed by atoms with Crippen LogP contribution in [0.1, 0.15) is 26.4 Å². The highest BCUT2D eigenvalue weighted by Crippen LogP contribution is 2.35. The quantitative estimate of drug-likeness (QED) is 0.455. The number of thiazole rings is 1. The van der Waals surface area contributed by atoms with E-state index in [0.29, 0.717) is 24.3 Å². The SMILES string of the molecule is Cc1ccc(C(=O)Nc2cc(N3CCN(C)CC3)cc(C(F)(F)F)c2)cc1N1C=C(c2cncs2)NN1. The molecule has 0 aliphatic carbocycles. The molecular weight excluding hydrogens is 503 g/mol. The molecule has 194 valence electrons. The number of carbonyl (C=O) groups excluding carboxylic acids is 1. The molecule has 3 aromatic rings. The van der Waals surface area contributed by atoms with Gasteiger partial charge in [0, 0.05) is 55.5 Å². The molecule has 0 radical (unpaired) electrons. The Morgan fingerprint density at radius 2 is 1.89 bits per heavy atom. The van der Waals surface area contributed by atoms with Crippen molar-refractivity contribution in [2.75, 3.05) is 48.5 Å². The molecule has 1 saturated heterocycles. The largest absolute Gasteiger partial charge is 0.416 e. The minimum absolute atomic E-state index is 0.101.